The Kier molecular flexibility index (Phi) is 4.08. The Labute approximate surface area is 109 Å². The van der Waals surface area contributed by atoms with Crippen molar-refractivity contribution in [2.24, 2.45) is 0 Å². The van der Waals surface area contributed by atoms with Gasteiger partial charge in [-0.2, -0.15) is 0 Å². The molecular weight excluding hydrogens is 220 g/mol. The summed E-state index contributed by atoms with van der Waals surface area (Å²) >= 11 is 0. The van der Waals surface area contributed by atoms with Crippen LogP contribution in [0, 0.1) is 0 Å². The largest absolute Gasteiger partial charge is 0.398 e. The van der Waals surface area contributed by atoms with Crippen molar-refractivity contribution < 1.29 is 0 Å². The van der Waals surface area contributed by atoms with Crippen LogP contribution in [0.5, 0.6) is 0 Å². The monoisotopic (exact) mass is 242 g/mol. The zero-order chi connectivity index (χ0) is 13.0. The molecule has 2 N–H and O–H groups in total. The van der Waals surface area contributed by atoms with Gasteiger partial charge in [-0.3, -0.25) is 0 Å². The Balaban J connectivity index is 2.52. The van der Waals surface area contributed by atoms with Gasteiger partial charge in [0.15, 0.2) is 0 Å². The van der Waals surface area contributed by atoms with E-state index in [-0.39, 0.29) is 0 Å². The molecule has 0 aliphatic carbocycles. The summed E-state index contributed by atoms with van der Waals surface area (Å²) in [6.45, 7) is 6.65. The van der Waals surface area contributed by atoms with Crippen LogP contribution in [-0.2, 0) is 0 Å². The molecule has 0 spiro atoms. The van der Waals surface area contributed by atoms with Crippen LogP contribution in [0.2, 0.25) is 0 Å². The number of nitrogen functional groups attached to an aromatic ring is 1. The molecule has 0 aromatic heterocycles. The minimum Gasteiger partial charge on any atom is -0.398 e. The summed E-state index contributed by atoms with van der Waals surface area (Å²) in [6.07, 6.45) is 2.33. The number of hydrogen-bond acceptors (Lipinski definition) is 2. The van der Waals surface area contributed by atoms with Gasteiger partial charge in [-0.05, 0) is 25.0 Å². The van der Waals surface area contributed by atoms with Gasteiger partial charge in [0.1, 0.15) is 0 Å². The number of benzene rings is 2. The molecule has 0 atom stereocenters. The average Bonchev–Trinajstić information content (AvgIpc) is 2.39. The summed E-state index contributed by atoms with van der Waals surface area (Å²) in [5, 5.41) is 2.42. The van der Waals surface area contributed by atoms with Crippen molar-refractivity contribution in [3.8, 4) is 0 Å². The molecule has 2 aromatic carbocycles. The Morgan fingerprint density at radius 3 is 2.11 bits per heavy atom. The second-order valence-electron chi connectivity index (χ2n) is 4.71. The number of nitrogens with two attached hydrogens (primary N) is 1. The third-order valence-corrected chi connectivity index (χ3v) is 3.26. The van der Waals surface area contributed by atoms with E-state index in [1.807, 2.05) is 12.1 Å². The lowest BCUT2D eigenvalue weighted by molar-refractivity contribution is 0.747. The highest BCUT2D eigenvalue weighted by molar-refractivity contribution is 6.01. The van der Waals surface area contributed by atoms with Gasteiger partial charge in [0, 0.05) is 35.2 Å². The molecule has 2 rings (SSSR count). The Bertz CT molecular complexity index is 513. The van der Waals surface area contributed by atoms with Gasteiger partial charge in [0.25, 0.3) is 0 Å². The highest BCUT2D eigenvalue weighted by Crippen LogP contribution is 2.31. The molecule has 0 aliphatic rings. The number of nitrogens with zero attached hydrogens (tertiary/aromatic N) is 1. The first kappa shape index (κ1) is 12.7. The van der Waals surface area contributed by atoms with Crippen molar-refractivity contribution in [3.05, 3.63) is 36.4 Å². The molecule has 96 valence electrons. The van der Waals surface area contributed by atoms with E-state index in [1.165, 1.54) is 23.9 Å². The fourth-order valence-corrected chi connectivity index (χ4v) is 2.47. The van der Waals surface area contributed by atoms with Crippen LogP contribution in [0.15, 0.2) is 36.4 Å². The molecular formula is C16H22N2. The Morgan fingerprint density at radius 2 is 1.50 bits per heavy atom. The van der Waals surface area contributed by atoms with Crippen LogP contribution < -0.4 is 10.6 Å². The van der Waals surface area contributed by atoms with E-state index in [4.69, 9.17) is 5.73 Å². The topological polar surface area (TPSA) is 29.3 Å². The number of fused-ring (bicyclic) bond motifs is 1. The zero-order valence-electron chi connectivity index (χ0n) is 11.3. The molecule has 0 radical (unpaired) electrons. The summed E-state index contributed by atoms with van der Waals surface area (Å²) in [6, 6.07) is 12.6. The number of rotatable bonds is 5. The quantitative estimate of drug-likeness (QED) is 0.801. The van der Waals surface area contributed by atoms with Gasteiger partial charge in [-0.15, -0.1) is 0 Å². The van der Waals surface area contributed by atoms with Crippen LogP contribution >= 0.6 is 0 Å². The normalized spacial score (nSPS) is 10.8. The molecule has 2 nitrogen and oxygen atoms in total. The van der Waals surface area contributed by atoms with Crippen LogP contribution in [-0.4, -0.2) is 13.1 Å². The van der Waals surface area contributed by atoms with Crippen LogP contribution in [0.1, 0.15) is 26.7 Å². The predicted octanol–water partition coefficient (Wildman–Crippen LogP) is 4.05. The summed E-state index contributed by atoms with van der Waals surface area (Å²) in [7, 11) is 0. The van der Waals surface area contributed by atoms with Gasteiger partial charge in [-0.25, -0.2) is 0 Å². The van der Waals surface area contributed by atoms with Crippen LogP contribution in [0.4, 0.5) is 11.4 Å². The summed E-state index contributed by atoms with van der Waals surface area (Å²) in [4.78, 5) is 2.46. The second kappa shape index (κ2) is 5.76. The third kappa shape index (κ3) is 2.42. The highest BCUT2D eigenvalue weighted by Gasteiger charge is 2.09. The Hall–Kier alpha value is -1.70. The van der Waals surface area contributed by atoms with Gasteiger partial charge < -0.3 is 10.6 Å². The van der Waals surface area contributed by atoms with Gasteiger partial charge in [-0.1, -0.05) is 38.1 Å². The number of hydrogen-bond donors (Lipinski definition) is 1. The zero-order valence-corrected chi connectivity index (χ0v) is 11.3. The lowest BCUT2D eigenvalue weighted by Gasteiger charge is -2.25. The minimum atomic E-state index is 0.863. The second-order valence-corrected chi connectivity index (χ2v) is 4.71. The van der Waals surface area contributed by atoms with E-state index in [0.29, 0.717) is 0 Å². The molecule has 0 aliphatic heterocycles. The molecule has 0 bridgehead atoms. The molecule has 2 heteroatoms. The van der Waals surface area contributed by atoms with Crippen LogP contribution in [0.3, 0.4) is 0 Å². The molecule has 0 unspecified atom stereocenters. The molecule has 18 heavy (non-hydrogen) atoms. The standard InChI is InChI=1S/C16H22N2/c1-3-11-18(12-4-2)16-10-9-15(17)13-7-5-6-8-14(13)16/h5-10H,3-4,11-12,17H2,1-2H3. The summed E-state index contributed by atoms with van der Waals surface area (Å²) < 4.78 is 0. The maximum atomic E-state index is 6.05. The van der Waals surface area contributed by atoms with E-state index >= 15 is 0 Å². The summed E-state index contributed by atoms with van der Waals surface area (Å²) in [5.74, 6) is 0. The highest BCUT2D eigenvalue weighted by atomic mass is 15.1. The predicted molar refractivity (Wildman–Crippen MR) is 81.2 cm³/mol. The van der Waals surface area contributed by atoms with E-state index in [0.717, 1.165) is 24.2 Å². The number of anilines is 2. The average molecular weight is 242 g/mol. The fraction of sp³-hybridized carbons (Fsp3) is 0.375. The van der Waals surface area contributed by atoms with E-state index < -0.39 is 0 Å². The molecule has 0 saturated carbocycles. The van der Waals surface area contributed by atoms with Crippen molar-refractivity contribution >= 4 is 22.1 Å². The van der Waals surface area contributed by atoms with Crippen molar-refractivity contribution in [1.82, 2.24) is 0 Å². The summed E-state index contributed by atoms with van der Waals surface area (Å²) in [5.41, 5.74) is 8.23. The Morgan fingerprint density at radius 1 is 0.889 bits per heavy atom. The lowest BCUT2D eigenvalue weighted by atomic mass is 10.1. The minimum absolute atomic E-state index is 0.863. The van der Waals surface area contributed by atoms with E-state index in [9.17, 15) is 0 Å². The van der Waals surface area contributed by atoms with Crippen molar-refractivity contribution in [1.29, 1.82) is 0 Å². The lowest BCUT2D eigenvalue weighted by Crippen LogP contribution is -2.25. The smallest absolute Gasteiger partial charge is 0.0447 e. The molecule has 0 fully saturated rings. The maximum absolute atomic E-state index is 6.05. The van der Waals surface area contributed by atoms with Crippen molar-refractivity contribution in [2.75, 3.05) is 23.7 Å². The fourth-order valence-electron chi connectivity index (χ4n) is 2.47. The van der Waals surface area contributed by atoms with Crippen LogP contribution in [0.25, 0.3) is 10.8 Å². The molecule has 0 saturated heterocycles. The third-order valence-electron chi connectivity index (χ3n) is 3.26. The first-order valence-corrected chi connectivity index (χ1v) is 6.80. The van der Waals surface area contributed by atoms with E-state index in [2.05, 4.69) is 43.0 Å². The first-order chi connectivity index (χ1) is 8.77. The molecule has 2 aromatic rings. The van der Waals surface area contributed by atoms with Gasteiger partial charge in [0.2, 0.25) is 0 Å². The van der Waals surface area contributed by atoms with Crippen molar-refractivity contribution in [3.63, 3.8) is 0 Å². The maximum Gasteiger partial charge on any atom is 0.0447 e. The SMILES string of the molecule is CCCN(CCC)c1ccc(N)c2ccccc12. The van der Waals surface area contributed by atoms with Crippen molar-refractivity contribution in [2.45, 2.75) is 26.7 Å². The van der Waals surface area contributed by atoms with Gasteiger partial charge in [0.05, 0.1) is 0 Å². The van der Waals surface area contributed by atoms with Gasteiger partial charge >= 0.3 is 0 Å². The van der Waals surface area contributed by atoms with E-state index in [1.54, 1.807) is 0 Å². The first-order valence-electron chi connectivity index (χ1n) is 6.80. The molecule has 0 heterocycles. The molecule has 0 amide bonds.